The molecule has 0 radical (unpaired) electrons. The fourth-order valence-electron chi connectivity index (χ4n) is 4.29. The summed E-state index contributed by atoms with van der Waals surface area (Å²) >= 11 is 0. The van der Waals surface area contributed by atoms with Crippen molar-refractivity contribution in [3.8, 4) is 11.5 Å². The van der Waals surface area contributed by atoms with Gasteiger partial charge < -0.3 is 19.5 Å². The first kappa shape index (κ1) is 25.2. The van der Waals surface area contributed by atoms with Crippen molar-refractivity contribution >= 4 is 22.6 Å². The summed E-state index contributed by atoms with van der Waals surface area (Å²) < 4.78 is 18.4. The van der Waals surface area contributed by atoms with Gasteiger partial charge in [0.05, 0.1) is 37.8 Å². The molecule has 1 aliphatic rings. The van der Waals surface area contributed by atoms with E-state index in [-0.39, 0.29) is 48.2 Å². The second-order valence-electron chi connectivity index (χ2n) is 8.53. The Kier molecular flexibility index (Phi) is 7.84. The van der Waals surface area contributed by atoms with Crippen molar-refractivity contribution < 1.29 is 23.8 Å². The Morgan fingerprint density at radius 2 is 1.78 bits per heavy atom. The Morgan fingerprint density at radius 3 is 2.44 bits per heavy atom. The highest BCUT2D eigenvalue weighted by Gasteiger charge is 2.20. The van der Waals surface area contributed by atoms with Crippen LogP contribution in [0.15, 0.2) is 52.1 Å². The predicted molar refractivity (Wildman–Crippen MR) is 133 cm³/mol. The normalized spacial score (nSPS) is 15.1. The smallest absolute Gasteiger partial charge is 0.331 e. The molecule has 1 saturated heterocycles. The van der Waals surface area contributed by atoms with Gasteiger partial charge in [0.25, 0.3) is 5.56 Å². The van der Waals surface area contributed by atoms with Crippen LogP contribution in [0.25, 0.3) is 10.9 Å². The van der Waals surface area contributed by atoms with Crippen molar-refractivity contribution in [2.45, 2.75) is 38.5 Å². The molecule has 2 aromatic carbocycles. The third kappa shape index (κ3) is 5.33. The second kappa shape index (κ2) is 11.2. The molecule has 1 fully saturated rings. The molecule has 1 aromatic heterocycles. The maximum absolute atomic E-state index is 13.5. The van der Waals surface area contributed by atoms with Crippen LogP contribution >= 0.6 is 0 Å². The van der Waals surface area contributed by atoms with Crippen LogP contribution in [-0.4, -0.2) is 54.3 Å². The third-order valence-corrected chi connectivity index (χ3v) is 6.24. The van der Waals surface area contributed by atoms with E-state index in [2.05, 4.69) is 5.32 Å². The van der Waals surface area contributed by atoms with Crippen LogP contribution in [0.4, 0.5) is 0 Å². The first-order valence-corrected chi connectivity index (χ1v) is 11.8. The van der Waals surface area contributed by atoms with Crippen LogP contribution in [0.1, 0.15) is 29.6 Å². The van der Waals surface area contributed by atoms with Gasteiger partial charge >= 0.3 is 5.69 Å². The number of hydrogen-bond acceptors (Lipinski definition) is 7. The second-order valence-corrected chi connectivity index (χ2v) is 8.53. The molecule has 1 atom stereocenters. The number of nitrogens with one attached hydrogen (secondary N) is 1. The van der Waals surface area contributed by atoms with Gasteiger partial charge in [-0.1, -0.05) is 30.3 Å². The number of carbonyl (C=O) groups is 2. The van der Waals surface area contributed by atoms with E-state index < -0.39 is 11.2 Å². The number of hydrogen-bond donors (Lipinski definition) is 1. The third-order valence-electron chi connectivity index (χ3n) is 6.24. The van der Waals surface area contributed by atoms with Gasteiger partial charge in [0.15, 0.2) is 17.3 Å². The molecule has 10 nitrogen and oxygen atoms in total. The molecule has 2 heterocycles. The molecule has 0 bridgehead atoms. The number of benzene rings is 2. The minimum atomic E-state index is -0.684. The van der Waals surface area contributed by atoms with Gasteiger partial charge in [-0.2, -0.15) is 0 Å². The maximum Gasteiger partial charge on any atom is 0.331 e. The number of Topliss-reactive ketones (excluding diaryl/α,β-unsaturated/α-hetero) is 1. The van der Waals surface area contributed by atoms with Crippen LogP contribution in [0, 0.1) is 0 Å². The van der Waals surface area contributed by atoms with Crippen LogP contribution in [0.3, 0.4) is 0 Å². The molecule has 0 unspecified atom stereocenters. The number of aromatic nitrogens is 2. The summed E-state index contributed by atoms with van der Waals surface area (Å²) in [5, 5.41) is 2.97. The van der Waals surface area contributed by atoms with E-state index in [9.17, 15) is 19.2 Å². The molecular weight excluding hydrogens is 466 g/mol. The zero-order chi connectivity index (χ0) is 25.7. The summed E-state index contributed by atoms with van der Waals surface area (Å²) in [4.78, 5) is 52.2. The van der Waals surface area contributed by atoms with Crippen LogP contribution in [0.2, 0.25) is 0 Å². The molecule has 1 amide bonds. The number of rotatable bonds is 10. The summed E-state index contributed by atoms with van der Waals surface area (Å²) in [6.45, 7) is 0.639. The van der Waals surface area contributed by atoms with E-state index in [0.29, 0.717) is 30.2 Å². The first-order chi connectivity index (χ1) is 17.4. The van der Waals surface area contributed by atoms with Crippen molar-refractivity contribution in [2.24, 2.45) is 0 Å². The Hall–Kier alpha value is -3.92. The van der Waals surface area contributed by atoms with Gasteiger partial charge in [0.1, 0.15) is 0 Å². The fourth-order valence-corrected chi connectivity index (χ4v) is 4.29. The van der Waals surface area contributed by atoms with E-state index in [4.69, 9.17) is 14.2 Å². The summed E-state index contributed by atoms with van der Waals surface area (Å²) in [5.74, 6) is 0.0305. The number of nitrogens with zero attached hydrogens (tertiary/aromatic N) is 2. The Bertz CT molecular complexity index is 1370. The van der Waals surface area contributed by atoms with Gasteiger partial charge in [0.2, 0.25) is 5.91 Å². The zero-order valence-electron chi connectivity index (χ0n) is 20.3. The van der Waals surface area contributed by atoms with Crippen molar-refractivity contribution in [1.82, 2.24) is 14.5 Å². The van der Waals surface area contributed by atoms with Crippen molar-refractivity contribution in [1.29, 1.82) is 0 Å². The number of carbonyl (C=O) groups excluding carboxylic acids is 2. The average Bonchev–Trinajstić information content (AvgIpc) is 3.43. The van der Waals surface area contributed by atoms with Crippen molar-refractivity contribution in [3.05, 3.63) is 68.9 Å². The molecule has 190 valence electrons. The molecule has 0 saturated carbocycles. The molecule has 0 spiro atoms. The monoisotopic (exact) mass is 495 g/mol. The van der Waals surface area contributed by atoms with Gasteiger partial charge in [0, 0.05) is 37.7 Å². The van der Waals surface area contributed by atoms with Crippen LogP contribution in [0.5, 0.6) is 11.5 Å². The van der Waals surface area contributed by atoms with Gasteiger partial charge in [-0.25, -0.2) is 4.79 Å². The van der Waals surface area contributed by atoms with Crippen LogP contribution < -0.4 is 26.0 Å². The predicted octanol–water partition coefficient (Wildman–Crippen LogP) is 1.75. The summed E-state index contributed by atoms with van der Waals surface area (Å²) in [6, 6.07) is 11.6. The number of amides is 1. The average molecular weight is 496 g/mol. The quantitative estimate of drug-likeness (QED) is 0.426. The molecule has 36 heavy (non-hydrogen) atoms. The largest absolute Gasteiger partial charge is 0.493 e. The number of fused-ring (bicyclic) bond motifs is 1. The lowest BCUT2D eigenvalue weighted by Crippen LogP contribution is -2.42. The Labute approximate surface area is 207 Å². The van der Waals surface area contributed by atoms with E-state index >= 15 is 0 Å². The van der Waals surface area contributed by atoms with Gasteiger partial charge in [-0.15, -0.1) is 0 Å². The summed E-state index contributed by atoms with van der Waals surface area (Å²) in [7, 11) is 2.88. The van der Waals surface area contributed by atoms with Crippen molar-refractivity contribution in [2.75, 3.05) is 27.4 Å². The molecule has 0 aliphatic carbocycles. The molecule has 3 aromatic rings. The number of methoxy groups -OCH3 is 2. The molecule has 4 rings (SSSR count). The van der Waals surface area contributed by atoms with E-state index in [1.54, 1.807) is 30.3 Å². The topological polar surface area (TPSA) is 118 Å². The fraction of sp³-hybridized carbons (Fsp3) is 0.385. The highest BCUT2D eigenvalue weighted by Crippen LogP contribution is 2.30. The molecule has 10 heteroatoms. The van der Waals surface area contributed by atoms with Gasteiger partial charge in [-0.05, 0) is 18.9 Å². The SMILES string of the molecule is COc1cc2c(=O)n(CCC(=O)NC[C@@H]3CCCO3)c(=O)n(CC(=O)c3ccccc3)c2cc1OC. The Balaban J connectivity index is 1.70. The van der Waals surface area contributed by atoms with Crippen LogP contribution in [-0.2, 0) is 22.6 Å². The Morgan fingerprint density at radius 1 is 1.06 bits per heavy atom. The zero-order valence-corrected chi connectivity index (χ0v) is 20.3. The minimum absolute atomic E-state index is 0.0130. The maximum atomic E-state index is 13.5. The van der Waals surface area contributed by atoms with E-state index in [1.165, 1.54) is 30.9 Å². The number of ether oxygens (including phenoxy) is 3. The number of ketones is 1. The lowest BCUT2D eigenvalue weighted by Gasteiger charge is -2.16. The molecule has 1 N–H and O–H groups in total. The van der Waals surface area contributed by atoms with Gasteiger partial charge in [-0.3, -0.25) is 23.5 Å². The lowest BCUT2D eigenvalue weighted by molar-refractivity contribution is -0.121. The summed E-state index contributed by atoms with van der Waals surface area (Å²) in [5.41, 5.74) is -0.586. The highest BCUT2D eigenvalue weighted by molar-refractivity contribution is 5.96. The summed E-state index contributed by atoms with van der Waals surface area (Å²) in [6.07, 6.45) is 1.76. The lowest BCUT2D eigenvalue weighted by atomic mass is 10.1. The van der Waals surface area contributed by atoms with E-state index in [0.717, 1.165) is 17.4 Å². The standard InChI is InChI=1S/C26H29N3O7/c1-34-22-13-19-20(14-23(22)35-2)29(16-21(30)17-7-4-3-5-8-17)26(33)28(25(19)32)11-10-24(31)27-15-18-9-6-12-36-18/h3-5,7-8,13-14,18H,6,9-12,15-16H2,1-2H3,(H,27,31)/t18-/m0/s1. The highest BCUT2D eigenvalue weighted by atomic mass is 16.5. The first-order valence-electron chi connectivity index (χ1n) is 11.8. The minimum Gasteiger partial charge on any atom is -0.493 e. The van der Waals surface area contributed by atoms with E-state index in [1.807, 2.05) is 0 Å². The molecule has 1 aliphatic heterocycles. The molecular formula is C26H29N3O7. The van der Waals surface area contributed by atoms with Crippen molar-refractivity contribution in [3.63, 3.8) is 0 Å².